The number of methoxy groups -OCH3 is 1. The first-order valence-electron chi connectivity index (χ1n) is 7.32. The molecule has 0 aliphatic rings. The van der Waals surface area contributed by atoms with Crippen molar-refractivity contribution in [1.29, 1.82) is 0 Å². The monoisotopic (exact) mass is 357 g/mol. The minimum Gasteiger partial charge on any atom is -0.497 e. The van der Waals surface area contributed by atoms with Crippen molar-refractivity contribution in [2.24, 2.45) is 5.10 Å². The fourth-order valence-corrected chi connectivity index (χ4v) is 2.89. The Kier molecular flexibility index (Phi) is 5.13. The molecule has 4 nitrogen and oxygen atoms in total. The zero-order chi connectivity index (χ0) is 16.9. The molecule has 1 N–H and O–H groups in total. The van der Waals surface area contributed by atoms with Gasteiger partial charge < -0.3 is 4.74 Å². The maximum absolute atomic E-state index is 5.91. The zero-order valence-electron chi connectivity index (χ0n) is 13.3. The van der Waals surface area contributed by atoms with Gasteiger partial charge in [0.25, 0.3) is 0 Å². The lowest BCUT2D eigenvalue weighted by molar-refractivity contribution is 0.415. The van der Waals surface area contributed by atoms with Crippen molar-refractivity contribution >= 4 is 33.8 Å². The summed E-state index contributed by atoms with van der Waals surface area (Å²) in [5.41, 5.74) is 6.84. The summed E-state index contributed by atoms with van der Waals surface area (Å²) in [6.07, 6.45) is 0. The number of nitrogens with zero attached hydrogens (tertiary/aromatic N) is 2. The van der Waals surface area contributed by atoms with Gasteiger partial charge in [0.1, 0.15) is 5.75 Å². The molecule has 2 aromatic carbocycles. The lowest BCUT2D eigenvalue weighted by atomic mass is 10.1. The molecule has 6 heteroatoms. The van der Waals surface area contributed by atoms with Gasteiger partial charge in [-0.25, -0.2) is 4.98 Å². The molecule has 1 heterocycles. The predicted octanol–water partition coefficient (Wildman–Crippen LogP) is 5.31. The highest BCUT2D eigenvalue weighted by Crippen LogP contribution is 2.26. The van der Waals surface area contributed by atoms with Crippen LogP contribution < -0.4 is 10.2 Å². The molecule has 122 valence electrons. The Morgan fingerprint density at radius 1 is 1.12 bits per heavy atom. The summed E-state index contributed by atoms with van der Waals surface area (Å²) in [6, 6.07) is 15.4. The fourth-order valence-electron chi connectivity index (χ4n) is 2.11. The maximum Gasteiger partial charge on any atom is 0.203 e. The Bertz CT molecular complexity index is 841. The molecule has 0 unspecified atom stereocenters. The molecule has 0 spiro atoms. The van der Waals surface area contributed by atoms with E-state index in [0.717, 1.165) is 33.4 Å². The van der Waals surface area contributed by atoms with E-state index >= 15 is 0 Å². The molecule has 3 aromatic rings. The molecular formula is C18H16ClN3OS. The predicted molar refractivity (Wildman–Crippen MR) is 101 cm³/mol. The highest BCUT2D eigenvalue weighted by Gasteiger charge is 2.04. The van der Waals surface area contributed by atoms with Crippen molar-refractivity contribution in [3.8, 4) is 17.0 Å². The molecule has 3 rings (SSSR count). The molecule has 0 saturated carbocycles. The first-order chi connectivity index (χ1) is 11.7. The second kappa shape index (κ2) is 7.47. The van der Waals surface area contributed by atoms with Crippen LogP contribution in [-0.4, -0.2) is 17.8 Å². The van der Waals surface area contributed by atoms with Gasteiger partial charge in [0.05, 0.1) is 18.5 Å². The number of nitrogens with one attached hydrogen (secondary N) is 1. The van der Waals surface area contributed by atoms with Gasteiger partial charge in [-0.05, 0) is 48.9 Å². The lowest BCUT2D eigenvalue weighted by Gasteiger charge is -2.03. The minimum atomic E-state index is 0.715. The lowest BCUT2D eigenvalue weighted by Crippen LogP contribution is -1.99. The van der Waals surface area contributed by atoms with Crippen LogP contribution in [0, 0.1) is 0 Å². The van der Waals surface area contributed by atoms with E-state index in [1.165, 1.54) is 11.3 Å². The van der Waals surface area contributed by atoms with E-state index in [-0.39, 0.29) is 0 Å². The van der Waals surface area contributed by atoms with Gasteiger partial charge in [-0.15, -0.1) is 11.3 Å². The van der Waals surface area contributed by atoms with Crippen molar-refractivity contribution in [2.45, 2.75) is 6.92 Å². The Morgan fingerprint density at radius 2 is 1.83 bits per heavy atom. The number of hydrogen-bond donors (Lipinski definition) is 1. The van der Waals surface area contributed by atoms with Crippen LogP contribution in [0.15, 0.2) is 59.0 Å². The van der Waals surface area contributed by atoms with Gasteiger partial charge in [-0.2, -0.15) is 5.10 Å². The SMILES string of the molecule is COc1ccc(/C(C)=N\Nc2nc(-c3ccc(Cl)cc3)cs2)cc1. The number of hydrazone groups is 1. The number of halogens is 1. The van der Waals surface area contributed by atoms with E-state index in [9.17, 15) is 0 Å². The highest BCUT2D eigenvalue weighted by molar-refractivity contribution is 7.14. The largest absolute Gasteiger partial charge is 0.497 e. The Labute approximate surface area is 149 Å². The number of anilines is 1. The van der Waals surface area contributed by atoms with Crippen LogP contribution in [0.4, 0.5) is 5.13 Å². The summed E-state index contributed by atoms with van der Waals surface area (Å²) in [7, 11) is 1.65. The van der Waals surface area contributed by atoms with Gasteiger partial charge in [-0.3, -0.25) is 5.43 Å². The van der Waals surface area contributed by atoms with Crippen LogP contribution in [0.25, 0.3) is 11.3 Å². The van der Waals surface area contributed by atoms with Crippen LogP contribution in [0.1, 0.15) is 12.5 Å². The Hall–Kier alpha value is -2.37. The third-order valence-corrected chi connectivity index (χ3v) is 4.47. The van der Waals surface area contributed by atoms with E-state index < -0.39 is 0 Å². The van der Waals surface area contributed by atoms with Gasteiger partial charge in [0, 0.05) is 16.0 Å². The molecule has 0 aliphatic heterocycles. The van der Waals surface area contributed by atoms with Crippen LogP contribution in [0.5, 0.6) is 5.75 Å². The highest BCUT2D eigenvalue weighted by atomic mass is 35.5. The van der Waals surface area contributed by atoms with Gasteiger partial charge in [0.15, 0.2) is 0 Å². The van der Waals surface area contributed by atoms with Crippen molar-refractivity contribution in [3.63, 3.8) is 0 Å². The van der Waals surface area contributed by atoms with Gasteiger partial charge >= 0.3 is 0 Å². The summed E-state index contributed by atoms with van der Waals surface area (Å²) in [5.74, 6) is 0.826. The normalized spacial score (nSPS) is 11.4. The summed E-state index contributed by atoms with van der Waals surface area (Å²) < 4.78 is 5.16. The number of hydrogen-bond acceptors (Lipinski definition) is 5. The third kappa shape index (κ3) is 3.93. The van der Waals surface area contributed by atoms with Crippen LogP contribution in [0.2, 0.25) is 5.02 Å². The van der Waals surface area contributed by atoms with Crippen molar-refractivity contribution < 1.29 is 4.74 Å². The fraction of sp³-hybridized carbons (Fsp3) is 0.111. The topological polar surface area (TPSA) is 46.5 Å². The average molecular weight is 358 g/mol. The van der Waals surface area contributed by atoms with Crippen LogP contribution in [-0.2, 0) is 0 Å². The third-order valence-electron chi connectivity index (χ3n) is 3.47. The molecule has 1 aromatic heterocycles. The van der Waals surface area contributed by atoms with E-state index in [1.54, 1.807) is 7.11 Å². The molecule has 0 bridgehead atoms. The molecule has 0 atom stereocenters. The van der Waals surface area contributed by atoms with Gasteiger partial charge in [0.2, 0.25) is 5.13 Å². The van der Waals surface area contributed by atoms with E-state index in [4.69, 9.17) is 16.3 Å². The standard InChI is InChI=1S/C18H16ClN3OS/c1-12(13-5-9-16(23-2)10-6-13)21-22-18-20-17(11-24-18)14-3-7-15(19)8-4-14/h3-11H,1-2H3,(H,20,22)/b21-12-. The van der Waals surface area contributed by atoms with Crippen molar-refractivity contribution in [3.05, 3.63) is 64.5 Å². The Balaban J connectivity index is 1.70. The first kappa shape index (κ1) is 16.5. The second-order valence-electron chi connectivity index (χ2n) is 5.08. The number of thiazole rings is 1. The van der Waals surface area contributed by atoms with Crippen molar-refractivity contribution in [2.75, 3.05) is 12.5 Å². The summed E-state index contributed by atoms with van der Waals surface area (Å²) in [5, 5.41) is 7.84. The van der Waals surface area contributed by atoms with Gasteiger partial charge in [-0.1, -0.05) is 23.7 Å². The molecule has 0 fully saturated rings. The molecular weight excluding hydrogens is 342 g/mol. The molecule has 0 radical (unpaired) electrons. The molecule has 0 aliphatic carbocycles. The quantitative estimate of drug-likeness (QED) is 0.497. The minimum absolute atomic E-state index is 0.715. The number of aromatic nitrogens is 1. The first-order valence-corrected chi connectivity index (χ1v) is 8.57. The number of rotatable bonds is 5. The summed E-state index contributed by atoms with van der Waals surface area (Å²) in [6.45, 7) is 1.95. The van der Waals surface area contributed by atoms with E-state index in [2.05, 4.69) is 15.5 Å². The molecule has 0 amide bonds. The summed E-state index contributed by atoms with van der Waals surface area (Å²) >= 11 is 7.42. The number of benzene rings is 2. The molecule has 24 heavy (non-hydrogen) atoms. The second-order valence-corrected chi connectivity index (χ2v) is 6.38. The summed E-state index contributed by atoms with van der Waals surface area (Å²) in [4.78, 5) is 4.54. The smallest absolute Gasteiger partial charge is 0.203 e. The van der Waals surface area contributed by atoms with E-state index in [0.29, 0.717) is 5.02 Å². The van der Waals surface area contributed by atoms with Crippen molar-refractivity contribution in [1.82, 2.24) is 4.98 Å². The molecule has 0 saturated heterocycles. The van der Waals surface area contributed by atoms with Crippen LogP contribution in [0.3, 0.4) is 0 Å². The van der Waals surface area contributed by atoms with E-state index in [1.807, 2.05) is 60.8 Å². The average Bonchev–Trinajstić information content (AvgIpc) is 3.09. The van der Waals surface area contributed by atoms with Crippen LogP contribution >= 0.6 is 22.9 Å². The zero-order valence-corrected chi connectivity index (χ0v) is 14.9. The Morgan fingerprint density at radius 3 is 2.50 bits per heavy atom. The number of ether oxygens (including phenoxy) is 1. The maximum atomic E-state index is 5.91.